The van der Waals surface area contributed by atoms with Gasteiger partial charge in [-0.3, -0.25) is 4.90 Å². The molecule has 6 nitrogen and oxygen atoms in total. The molecule has 2 aliphatic rings. The van der Waals surface area contributed by atoms with E-state index in [9.17, 15) is 4.79 Å². The van der Waals surface area contributed by atoms with Crippen LogP contribution in [0.4, 0.5) is 0 Å². The Morgan fingerprint density at radius 2 is 1.76 bits per heavy atom. The molecule has 1 saturated carbocycles. The quantitative estimate of drug-likeness (QED) is 0.521. The molecular formula is C27H35NO5. The fourth-order valence-corrected chi connectivity index (χ4v) is 5.00. The normalized spacial score (nSPS) is 23.3. The van der Waals surface area contributed by atoms with E-state index in [1.807, 2.05) is 30.3 Å². The highest BCUT2D eigenvalue weighted by molar-refractivity contribution is 5.89. The standard InChI is InChI=1S/C27H35NO5/c1-30-25-13-12-20(18-26(25)31-2)15-17-32-24-11-7-6-10-23(24)28-16-14-22(19-28)33-27(29)21-8-4-3-5-9-21/h3-5,8-9,12-13,18,22-24H,6-7,10-11,14-17,19H2,1-2H3/t22-,23?,24+/m1/s1. The van der Waals surface area contributed by atoms with Crippen LogP contribution < -0.4 is 9.47 Å². The van der Waals surface area contributed by atoms with Crippen molar-refractivity contribution < 1.29 is 23.7 Å². The first-order valence-electron chi connectivity index (χ1n) is 12.0. The molecule has 2 aromatic carbocycles. The predicted octanol–water partition coefficient (Wildman–Crippen LogP) is 4.51. The molecule has 2 fully saturated rings. The zero-order valence-corrected chi connectivity index (χ0v) is 19.7. The van der Waals surface area contributed by atoms with Gasteiger partial charge in [-0.1, -0.05) is 37.1 Å². The van der Waals surface area contributed by atoms with E-state index in [-0.39, 0.29) is 18.2 Å². The van der Waals surface area contributed by atoms with E-state index in [1.54, 1.807) is 26.4 Å². The van der Waals surface area contributed by atoms with Crippen LogP contribution in [0.1, 0.15) is 48.0 Å². The van der Waals surface area contributed by atoms with Crippen molar-refractivity contribution in [3.05, 3.63) is 59.7 Å². The number of hydrogen-bond acceptors (Lipinski definition) is 6. The van der Waals surface area contributed by atoms with Gasteiger partial charge in [-0.25, -0.2) is 4.79 Å². The van der Waals surface area contributed by atoms with Gasteiger partial charge >= 0.3 is 5.97 Å². The zero-order chi connectivity index (χ0) is 23.0. The predicted molar refractivity (Wildman–Crippen MR) is 127 cm³/mol. The minimum atomic E-state index is -0.228. The number of esters is 1. The van der Waals surface area contributed by atoms with Crippen molar-refractivity contribution in [1.29, 1.82) is 0 Å². The maximum absolute atomic E-state index is 12.4. The van der Waals surface area contributed by atoms with Crippen LogP contribution in [-0.2, 0) is 15.9 Å². The summed E-state index contributed by atoms with van der Waals surface area (Å²) in [4.78, 5) is 14.9. The second-order valence-electron chi connectivity index (χ2n) is 8.88. The van der Waals surface area contributed by atoms with Crippen molar-refractivity contribution in [3.63, 3.8) is 0 Å². The molecule has 1 aliphatic carbocycles. The molecule has 178 valence electrons. The van der Waals surface area contributed by atoms with Crippen molar-refractivity contribution in [2.24, 2.45) is 0 Å². The highest BCUT2D eigenvalue weighted by Crippen LogP contribution is 2.30. The fourth-order valence-electron chi connectivity index (χ4n) is 5.00. The molecule has 0 amide bonds. The number of ether oxygens (including phenoxy) is 4. The highest BCUT2D eigenvalue weighted by atomic mass is 16.5. The molecule has 0 radical (unpaired) electrons. The summed E-state index contributed by atoms with van der Waals surface area (Å²) < 4.78 is 22.9. The third-order valence-electron chi connectivity index (χ3n) is 6.77. The molecule has 33 heavy (non-hydrogen) atoms. The van der Waals surface area contributed by atoms with Crippen LogP contribution in [0.5, 0.6) is 11.5 Å². The molecular weight excluding hydrogens is 418 g/mol. The van der Waals surface area contributed by atoms with E-state index in [0.717, 1.165) is 50.3 Å². The Labute approximate surface area is 196 Å². The molecule has 1 saturated heterocycles. The number of nitrogens with zero attached hydrogens (tertiary/aromatic N) is 1. The molecule has 1 unspecified atom stereocenters. The second-order valence-corrected chi connectivity index (χ2v) is 8.88. The third-order valence-corrected chi connectivity index (χ3v) is 6.77. The Balaban J connectivity index is 1.28. The summed E-state index contributed by atoms with van der Waals surface area (Å²) in [6.07, 6.45) is 6.55. The van der Waals surface area contributed by atoms with Gasteiger partial charge in [-0.05, 0) is 55.5 Å². The van der Waals surface area contributed by atoms with Crippen LogP contribution in [-0.4, -0.2) is 63.0 Å². The van der Waals surface area contributed by atoms with Gasteiger partial charge in [-0.2, -0.15) is 0 Å². The summed E-state index contributed by atoms with van der Waals surface area (Å²) in [5, 5.41) is 0. The lowest BCUT2D eigenvalue weighted by molar-refractivity contribution is -0.0327. The lowest BCUT2D eigenvalue weighted by atomic mass is 9.91. The first-order chi connectivity index (χ1) is 16.2. The van der Waals surface area contributed by atoms with Gasteiger partial charge in [0.2, 0.25) is 0 Å². The summed E-state index contributed by atoms with van der Waals surface area (Å²) in [6, 6.07) is 15.7. The Hall–Kier alpha value is -2.57. The van der Waals surface area contributed by atoms with E-state index < -0.39 is 0 Å². The van der Waals surface area contributed by atoms with Crippen molar-refractivity contribution in [1.82, 2.24) is 4.90 Å². The Kier molecular flexibility index (Phi) is 8.24. The average molecular weight is 454 g/mol. The number of rotatable bonds is 9. The van der Waals surface area contributed by atoms with Crippen LogP contribution >= 0.6 is 0 Å². The van der Waals surface area contributed by atoms with E-state index in [1.165, 1.54) is 18.4 Å². The number of carbonyl (C=O) groups is 1. The van der Waals surface area contributed by atoms with E-state index in [0.29, 0.717) is 18.2 Å². The number of likely N-dealkylation sites (tertiary alicyclic amines) is 1. The maximum atomic E-state index is 12.4. The van der Waals surface area contributed by atoms with Crippen LogP contribution in [0.2, 0.25) is 0 Å². The van der Waals surface area contributed by atoms with Crippen molar-refractivity contribution >= 4 is 5.97 Å². The third kappa shape index (κ3) is 6.06. The van der Waals surface area contributed by atoms with E-state index >= 15 is 0 Å². The van der Waals surface area contributed by atoms with Gasteiger partial charge in [0.15, 0.2) is 11.5 Å². The Morgan fingerprint density at radius 1 is 0.970 bits per heavy atom. The van der Waals surface area contributed by atoms with Gasteiger partial charge in [0.1, 0.15) is 6.10 Å². The molecule has 0 bridgehead atoms. The van der Waals surface area contributed by atoms with Crippen LogP contribution in [0.15, 0.2) is 48.5 Å². The Bertz CT molecular complexity index is 903. The SMILES string of the molecule is COc1ccc(CCO[C@H]2CCCCC2N2CC[C@@H](OC(=O)c3ccccc3)C2)cc1OC. The lowest BCUT2D eigenvalue weighted by Gasteiger charge is -2.37. The lowest BCUT2D eigenvalue weighted by Crippen LogP contribution is -2.46. The summed E-state index contributed by atoms with van der Waals surface area (Å²) in [7, 11) is 3.31. The number of carbonyl (C=O) groups excluding carboxylic acids is 1. The van der Waals surface area contributed by atoms with Crippen LogP contribution in [0.25, 0.3) is 0 Å². The number of methoxy groups -OCH3 is 2. The molecule has 4 rings (SSSR count). The minimum absolute atomic E-state index is 0.0490. The summed E-state index contributed by atoms with van der Waals surface area (Å²) in [5.41, 5.74) is 1.79. The first-order valence-corrected chi connectivity index (χ1v) is 12.0. The monoisotopic (exact) mass is 453 g/mol. The first kappa shape index (κ1) is 23.6. The van der Waals surface area contributed by atoms with Crippen molar-refractivity contribution in [2.45, 2.75) is 56.8 Å². The smallest absolute Gasteiger partial charge is 0.338 e. The molecule has 0 spiro atoms. The largest absolute Gasteiger partial charge is 0.493 e. The number of hydrogen-bond donors (Lipinski definition) is 0. The summed E-state index contributed by atoms with van der Waals surface area (Å²) >= 11 is 0. The van der Waals surface area contributed by atoms with Gasteiger partial charge in [0.05, 0.1) is 32.5 Å². The van der Waals surface area contributed by atoms with E-state index in [2.05, 4.69) is 11.0 Å². The zero-order valence-electron chi connectivity index (χ0n) is 19.7. The van der Waals surface area contributed by atoms with Gasteiger partial charge in [-0.15, -0.1) is 0 Å². The second kappa shape index (κ2) is 11.5. The van der Waals surface area contributed by atoms with Gasteiger partial charge in [0, 0.05) is 19.1 Å². The van der Waals surface area contributed by atoms with Crippen LogP contribution in [0, 0.1) is 0 Å². The molecule has 3 atom stereocenters. The maximum Gasteiger partial charge on any atom is 0.338 e. The molecule has 1 aliphatic heterocycles. The molecule has 0 aromatic heterocycles. The fraction of sp³-hybridized carbons (Fsp3) is 0.519. The van der Waals surface area contributed by atoms with Gasteiger partial charge < -0.3 is 18.9 Å². The molecule has 6 heteroatoms. The van der Waals surface area contributed by atoms with Gasteiger partial charge in [0.25, 0.3) is 0 Å². The summed E-state index contributed by atoms with van der Waals surface area (Å²) in [6.45, 7) is 2.42. The Morgan fingerprint density at radius 3 is 2.55 bits per heavy atom. The minimum Gasteiger partial charge on any atom is -0.493 e. The molecule has 1 heterocycles. The van der Waals surface area contributed by atoms with Crippen molar-refractivity contribution in [3.8, 4) is 11.5 Å². The van der Waals surface area contributed by atoms with E-state index in [4.69, 9.17) is 18.9 Å². The average Bonchev–Trinajstić information content (AvgIpc) is 3.33. The van der Waals surface area contributed by atoms with Crippen LogP contribution in [0.3, 0.4) is 0 Å². The molecule has 0 N–H and O–H groups in total. The summed E-state index contributed by atoms with van der Waals surface area (Å²) in [5.74, 6) is 1.26. The number of benzene rings is 2. The van der Waals surface area contributed by atoms with Crippen molar-refractivity contribution in [2.75, 3.05) is 33.9 Å². The topological polar surface area (TPSA) is 57.2 Å². The molecule has 2 aromatic rings. The highest BCUT2D eigenvalue weighted by Gasteiger charge is 2.36.